The number of benzene rings is 2. The first kappa shape index (κ1) is 20.3. The first-order chi connectivity index (χ1) is 12.2. The van der Waals surface area contributed by atoms with Gasteiger partial charge in [-0.15, -0.1) is 0 Å². The van der Waals surface area contributed by atoms with Gasteiger partial charge in [-0.1, -0.05) is 47.0 Å². The molecule has 0 radical (unpaired) electrons. The molecule has 1 N–H and O–H groups in total. The van der Waals surface area contributed by atoms with Crippen LogP contribution in [0.3, 0.4) is 0 Å². The van der Waals surface area contributed by atoms with Crippen LogP contribution in [0.1, 0.15) is 30.0 Å². The fourth-order valence-electron chi connectivity index (χ4n) is 2.94. The molecule has 2 amide bonds. The summed E-state index contributed by atoms with van der Waals surface area (Å²) in [4.78, 5) is 25.9. The van der Waals surface area contributed by atoms with Gasteiger partial charge in [0.05, 0.1) is 15.7 Å². The van der Waals surface area contributed by atoms with E-state index < -0.39 is 0 Å². The summed E-state index contributed by atoms with van der Waals surface area (Å²) in [6.45, 7) is 7.59. The molecular weight excluding hydrogens is 371 g/mol. The third-order valence-electron chi connectivity index (χ3n) is 4.11. The Morgan fingerprint density at radius 1 is 1.08 bits per heavy atom. The zero-order chi connectivity index (χ0) is 19.4. The topological polar surface area (TPSA) is 49.4 Å². The number of amides is 2. The molecular formula is C20H22Cl2N2O2. The molecule has 0 atom stereocenters. The highest BCUT2D eigenvalue weighted by Gasteiger charge is 2.18. The SMILES string of the molecule is CC(=O)N(CCC(=O)Nc1c(C)cc(C)cc1C)c1cccc(Cl)c1Cl. The van der Waals surface area contributed by atoms with E-state index in [1.165, 1.54) is 11.8 Å². The van der Waals surface area contributed by atoms with E-state index in [9.17, 15) is 9.59 Å². The van der Waals surface area contributed by atoms with E-state index in [0.29, 0.717) is 15.7 Å². The van der Waals surface area contributed by atoms with Crippen molar-refractivity contribution in [1.29, 1.82) is 0 Å². The molecule has 0 saturated carbocycles. The molecule has 0 saturated heterocycles. The van der Waals surface area contributed by atoms with Crippen LogP contribution in [0.5, 0.6) is 0 Å². The van der Waals surface area contributed by atoms with E-state index in [2.05, 4.69) is 5.32 Å². The Labute approximate surface area is 164 Å². The smallest absolute Gasteiger partial charge is 0.226 e. The van der Waals surface area contributed by atoms with Crippen LogP contribution in [-0.2, 0) is 9.59 Å². The Bertz CT molecular complexity index is 827. The second-order valence-electron chi connectivity index (χ2n) is 6.32. The molecule has 2 rings (SSSR count). The largest absolute Gasteiger partial charge is 0.326 e. The van der Waals surface area contributed by atoms with Gasteiger partial charge in [0.15, 0.2) is 0 Å². The van der Waals surface area contributed by atoms with Crippen molar-refractivity contribution in [3.05, 3.63) is 57.1 Å². The summed E-state index contributed by atoms with van der Waals surface area (Å²) in [6, 6.07) is 9.13. The molecule has 0 aliphatic carbocycles. The third kappa shape index (κ3) is 4.77. The van der Waals surface area contributed by atoms with Gasteiger partial charge in [-0.05, 0) is 44.0 Å². The van der Waals surface area contributed by atoms with Gasteiger partial charge < -0.3 is 10.2 Å². The number of carbonyl (C=O) groups is 2. The van der Waals surface area contributed by atoms with Crippen LogP contribution in [0, 0.1) is 20.8 Å². The molecule has 26 heavy (non-hydrogen) atoms. The highest BCUT2D eigenvalue weighted by atomic mass is 35.5. The van der Waals surface area contributed by atoms with Gasteiger partial charge in [-0.2, -0.15) is 0 Å². The number of hydrogen-bond donors (Lipinski definition) is 1. The molecule has 0 heterocycles. The van der Waals surface area contributed by atoms with E-state index in [4.69, 9.17) is 23.2 Å². The van der Waals surface area contributed by atoms with Crippen LogP contribution in [0.4, 0.5) is 11.4 Å². The quantitative estimate of drug-likeness (QED) is 0.749. The summed E-state index contributed by atoms with van der Waals surface area (Å²) in [6.07, 6.45) is 0.148. The third-order valence-corrected chi connectivity index (χ3v) is 4.91. The fraction of sp³-hybridized carbons (Fsp3) is 0.300. The van der Waals surface area contributed by atoms with E-state index >= 15 is 0 Å². The highest BCUT2D eigenvalue weighted by molar-refractivity contribution is 6.44. The summed E-state index contributed by atoms with van der Waals surface area (Å²) >= 11 is 12.2. The molecule has 0 aliphatic heterocycles. The molecule has 4 nitrogen and oxygen atoms in total. The maximum atomic E-state index is 12.4. The van der Waals surface area contributed by atoms with Crippen molar-refractivity contribution < 1.29 is 9.59 Å². The Balaban J connectivity index is 2.11. The summed E-state index contributed by atoms with van der Waals surface area (Å²) in [5.41, 5.74) is 4.49. The second-order valence-corrected chi connectivity index (χ2v) is 7.10. The van der Waals surface area contributed by atoms with E-state index in [1.807, 2.05) is 32.9 Å². The number of hydrogen-bond acceptors (Lipinski definition) is 2. The molecule has 0 unspecified atom stereocenters. The molecule has 2 aromatic carbocycles. The average Bonchev–Trinajstić information content (AvgIpc) is 2.54. The number of aryl methyl sites for hydroxylation is 3. The highest BCUT2D eigenvalue weighted by Crippen LogP contribution is 2.32. The van der Waals surface area contributed by atoms with Crippen LogP contribution in [0.15, 0.2) is 30.3 Å². The lowest BCUT2D eigenvalue weighted by molar-refractivity contribution is -0.117. The summed E-state index contributed by atoms with van der Waals surface area (Å²) in [5, 5.41) is 3.61. The van der Waals surface area contributed by atoms with Crippen molar-refractivity contribution in [2.24, 2.45) is 0 Å². The van der Waals surface area contributed by atoms with E-state index in [1.54, 1.807) is 18.2 Å². The maximum absolute atomic E-state index is 12.4. The van der Waals surface area contributed by atoms with Gasteiger partial charge in [0.25, 0.3) is 0 Å². The number of halogens is 2. The van der Waals surface area contributed by atoms with Crippen molar-refractivity contribution >= 4 is 46.4 Å². The Morgan fingerprint density at radius 2 is 1.69 bits per heavy atom. The fourth-order valence-corrected chi connectivity index (χ4v) is 3.34. The number of anilines is 2. The van der Waals surface area contributed by atoms with Gasteiger partial charge in [0, 0.05) is 25.6 Å². The number of nitrogens with one attached hydrogen (secondary N) is 1. The van der Waals surface area contributed by atoms with Crippen LogP contribution >= 0.6 is 23.2 Å². The van der Waals surface area contributed by atoms with Crippen molar-refractivity contribution in [2.45, 2.75) is 34.1 Å². The number of nitrogens with zero attached hydrogens (tertiary/aromatic N) is 1. The van der Waals surface area contributed by atoms with Gasteiger partial charge in [-0.25, -0.2) is 0 Å². The lowest BCUT2D eigenvalue weighted by atomic mass is 10.0. The monoisotopic (exact) mass is 392 g/mol. The zero-order valence-corrected chi connectivity index (χ0v) is 16.8. The molecule has 0 aliphatic rings. The van der Waals surface area contributed by atoms with E-state index in [-0.39, 0.29) is 24.8 Å². The van der Waals surface area contributed by atoms with Crippen molar-refractivity contribution in [3.8, 4) is 0 Å². The maximum Gasteiger partial charge on any atom is 0.226 e. The summed E-state index contributed by atoms with van der Waals surface area (Å²) in [5.74, 6) is -0.367. The normalized spacial score (nSPS) is 10.5. The Hall–Kier alpha value is -2.04. The lowest BCUT2D eigenvalue weighted by Crippen LogP contribution is -2.32. The summed E-state index contributed by atoms with van der Waals surface area (Å²) in [7, 11) is 0. The minimum absolute atomic E-state index is 0.148. The van der Waals surface area contributed by atoms with Crippen LogP contribution in [0.2, 0.25) is 10.0 Å². The number of carbonyl (C=O) groups excluding carboxylic acids is 2. The standard InChI is InChI=1S/C20H22Cl2N2O2/c1-12-10-13(2)20(14(3)11-12)23-18(26)8-9-24(15(4)25)17-7-5-6-16(21)19(17)22/h5-7,10-11H,8-9H2,1-4H3,(H,23,26). The number of rotatable bonds is 5. The first-order valence-corrected chi connectivity index (χ1v) is 9.06. The van der Waals surface area contributed by atoms with Gasteiger partial charge >= 0.3 is 0 Å². The predicted molar refractivity (Wildman–Crippen MR) is 108 cm³/mol. The molecule has 138 valence electrons. The van der Waals surface area contributed by atoms with Crippen LogP contribution in [-0.4, -0.2) is 18.4 Å². The zero-order valence-electron chi connectivity index (χ0n) is 15.3. The minimum atomic E-state index is -0.204. The first-order valence-electron chi connectivity index (χ1n) is 8.30. The molecule has 0 aromatic heterocycles. The van der Waals surface area contributed by atoms with Gasteiger partial charge in [0.2, 0.25) is 11.8 Å². The molecule has 0 bridgehead atoms. The molecule has 6 heteroatoms. The van der Waals surface area contributed by atoms with Gasteiger partial charge in [-0.3, -0.25) is 9.59 Å². The molecule has 0 spiro atoms. The van der Waals surface area contributed by atoms with Crippen molar-refractivity contribution in [3.63, 3.8) is 0 Å². The summed E-state index contributed by atoms with van der Waals surface area (Å²) < 4.78 is 0. The van der Waals surface area contributed by atoms with Gasteiger partial charge in [0.1, 0.15) is 0 Å². The Morgan fingerprint density at radius 3 is 2.27 bits per heavy atom. The molecule has 0 fully saturated rings. The molecule has 2 aromatic rings. The Kier molecular flexibility index (Phi) is 6.68. The minimum Gasteiger partial charge on any atom is -0.326 e. The second kappa shape index (κ2) is 8.56. The lowest BCUT2D eigenvalue weighted by Gasteiger charge is -2.22. The van der Waals surface area contributed by atoms with Crippen molar-refractivity contribution in [2.75, 3.05) is 16.8 Å². The van der Waals surface area contributed by atoms with E-state index in [0.717, 1.165) is 22.4 Å². The van der Waals surface area contributed by atoms with Crippen molar-refractivity contribution in [1.82, 2.24) is 0 Å². The van der Waals surface area contributed by atoms with Crippen LogP contribution < -0.4 is 10.2 Å². The average molecular weight is 393 g/mol. The predicted octanol–water partition coefficient (Wildman–Crippen LogP) is 5.30. The van der Waals surface area contributed by atoms with Crippen LogP contribution in [0.25, 0.3) is 0 Å².